The van der Waals surface area contributed by atoms with Crippen molar-refractivity contribution in [2.24, 2.45) is 0 Å². The van der Waals surface area contributed by atoms with E-state index in [-0.39, 0.29) is 33.5 Å². The molecule has 0 aliphatic carbocycles. The number of hydrogen-bond donors (Lipinski definition) is 1. The Bertz CT molecular complexity index is 1130. The van der Waals surface area contributed by atoms with Crippen LogP contribution in [0.15, 0.2) is 42.7 Å². The number of aromatic nitrogens is 4. The van der Waals surface area contributed by atoms with Crippen LogP contribution in [0.25, 0.3) is 11.4 Å². The number of carbonyl (C=O) groups is 1. The van der Waals surface area contributed by atoms with Gasteiger partial charge >= 0.3 is 6.18 Å². The van der Waals surface area contributed by atoms with Gasteiger partial charge in [0.2, 0.25) is 5.88 Å². The molecule has 174 valence electrons. The van der Waals surface area contributed by atoms with E-state index < -0.39 is 36.7 Å². The fraction of sp³-hybridized carbons (Fsp3) is 0.250. The summed E-state index contributed by atoms with van der Waals surface area (Å²) in [4.78, 5) is 20.9. The van der Waals surface area contributed by atoms with Crippen molar-refractivity contribution < 1.29 is 31.5 Å². The zero-order valence-electron chi connectivity index (χ0n) is 16.8. The first-order valence-corrected chi connectivity index (χ1v) is 9.67. The van der Waals surface area contributed by atoms with Crippen LogP contribution in [0.2, 0.25) is 5.02 Å². The summed E-state index contributed by atoms with van der Waals surface area (Å²) in [5.41, 5.74) is -0.657. The van der Waals surface area contributed by atoms with E-state index in [1.807, 2.05) is 0 Å². The summed E-state index contributed by atoms with van der Waals surface area (Å²) < 4.78 is 68.4. The quantitative estimate of drug-likeness (QED) is 0.484. The third-order valence-electron chi connectivity index (χ3n) is 4.21. The minimum atomic E-state index is -4.67. The summed E-state index contributed by atoms with van der Waals surface area (Å²) in [7, 11) is 0. The van der Waals surface area contributed by atoms with Gasteiger partial charge in [0.25, 0.3) is 12.3 Å². The maximum atomic E-state index is 13.0. The third-order valence-corrected chi connectivity index (χ3v) is 4.43. The van der Waals surface area contributed by atoms with Gasteiger partial charge in [0, 0.05) is 29.0 Å². The Morgan fingerprint density at radius 3 is 2.48 bits per heavy atom. The Labute approximate surface area is 189 Å². The molecule has 1 amide bonds. The molecule has 1 unspecified atom stereocenters. The van der Waals surface area contributed by atoms with E-state index in [1.165, 1.54) is 24.5 Å². The Balaban J connectivity index is 1.81. The van der Waals surface area contributed by atoms with Gasteiger partial charge in [0.15, 0.2) is 6.61 Å². The number of ether oxygens (including phenoxy) is 1. The van der Waals surface area contributed by atoms with Gasteiger partial charge in [-0.15, -0.1) is 10.2 Å². The van der Waals surface area contributed by atoms with Crippen molar-refractivity contribution in [1.29, 1.82) is 0 Å². The first-order chi connectivity index (χ1) is 15.5. The summed E-state index contributed by atoms with van der Waals surface area (Å²) in [6, 6.07) is 4.45. The van der Waals surface area contributed by atoms with Crippen molar-refractivity contribution in [1.82, 2.24) is 25.5 Å². The van der Waals surface area contributed by atoms with Gasteiger partial charge in [-0.25, -0.2) is 8.78 Å². The zero-order chi connectivity index (χ0) is 24.2. The molecule has 1 atom stereocenters. The van der Waals surface area contributed by atoms with Crippen LogP contribution in [0, 0.1) is 0 Å². The van der Waals surface area contributed by atoms with E-state index in [2.05, 4.69) is 25.5 Å². The van der Waals surface area contributed by atoms with Crippen molar-refractivity contribution >= 4 is 17.5 Å². The van der Waals surface area contributed by atoms with Gasteiger partial charge in [-0.2, -0.15) is 13.2 Å². The summed E-state index contributed by atoms with van der Waals surface area (Å²) in [5.74, 6) is -0.929. The predicted octanol–water partition coefficient (Wildman–Crippen LogP) is 4.74. The van der Waals surface area contributed by atoms with Gasteiger partial charge in [-0.05, 0) is 31.2 Å². The van der Waals surface area contributed by atoms with Crippen LogP contribution in [0.5, 0.6) is 5.88 Å². The number of nitrogens with zero attached hydrogens (tertiary/aromatic N) is 4. The molecule has 2 heterocycles. The Morgan fingerprint density at radius 1 is 1.12 bits per heavy atom. The number of nitrogens with one attached hydrogen (secondary N) is 1. The molecule has 33 heavy (non-hydrogen) atoms. The maximum Gasteiger partial charge on any atom is 0.416 e. The number of hydrogen-bond acceptors (Lipinski definition) is 6. The number of benzene rings is 1. The van der Waals surface area contributed by atoms with Crippen molar-refractivity contribution in [3.05, 3.63) is 64.6 Å². The molecule has 0 bridgehead atoms. The normalized spacial score (nSPS) is 12.5. The second-order valence-corrected chi connectivity index (χ2v) is 7.11. The number of alkyl halides is 5. The van der Waals surface area contributed by atoms with Gasteiger partial charge in [-0.3, -0.25) is 14.8 Å². The molecule has 0 saturated carbocycles. The molecule has 0 aliphatic rings. The van der Waals surface area contributed by atoms with E-state index in [1.54, 1.807) is 6.92 Å². The Kier molecular flexibility index (Phi) is 7.36. The van der Waals surface area contributed by atoms with Gasteiger partial charge in [0.1, 0.15) is 11.4 Å². The largest absolute Gasteiger partial charge is 0.471 e. The molecule has 13 heteroatoms. The van der Waals surface area contributed by atoms with E-state index in [4.69, 9.17) is 16.3 Å². The molecule has 0 aliphatic heterocycles. The van der Waals surface area contributed by atoms with Crippen molar-refractivity contribution in [2.75, 3.05) is 6.61 Å². The molecule has 0 radical (unpaired) electrons. The van der Waals surface area contributed by atoms with E-state index >= 15 is 0 Å². The summed E-state index contributed by atoms with van der Waals surface area (Å²) in [6.45, 7) is 0.710. The smallest absolute Gasteiger partial charge is 0.416 e. The van der Waals surface area contributed by atoms with Crippen LogP contribution in [0.1, 0.15) is 34.6 Å². The molecular weight excluding hydrogens is 473 g/mol. The highest BCUT2D eigenvalue weighted by molar-refractivity contribution is 6.31. The Morgan fingerprint density at radius 2 is 1.85 bits per heavy atom. The Hall–Kier alpha value is -3.41. The monoisotopic (exact) mass is 487 g/mol. The lowest BCUT2D eigenvalue weighted by molar-refractivity contribution is -0.137. The summed E-state index contributed by atoms with van der Waals surface area (Å²) >= 11 is 5.74. The molecule has 3 rings (SSSR count). The molecule has 0 spiro atoms. The molecule has 2 aromatic heterocycles. The predicted molar refractivity (Wildman–Crippen MR) is 107 cm³/mol. The summed E-state index contributed by atoms with van der Waals surface area (Å²) in [6.07, 6.45) is -4.62. The lowest BCUT2D eigenvalue weighted by Crippen LogP contribution is -2.28. The van der Waals surface area contributed by atoms with Gasteiger partial charge in [-0.1, -0.05) is 11.6 Å². The van der Waals surface area contributed by atoms with Crippen LogP contribution in [-0.4, -0.2) is 39.1 Å². The van der Waals surface area contributed by atoms with E-state index in [0.29, 0.717) is 6.07 Å². The van der Waals surface area contributed by atoms with Crippen molar-refractivity contribution in [2.45, 2.75) is 25.6 Å². The van der Waals surface area contributed by atoms with E-state index in [9.17, 15) is 26.7 Å². The minimum Gasteiger partial charge on any atom is -0.471 e. The number of rotatable bonds is 7. The SMILES string of the molecule is CC(NC(=O)c1cc(Cl)cc(C(F)(F)F)c1)c1nccnc1-c1ccc(OCC(F)F)nn1. The molecule has 7 nitrogen and oxygen atoms in total. The molecular formula is C20H15ClF5N5O2. The van der Waals surface area contributed by atoms with Crippen LogP contribution in [0.4, 0.5) is 22.0 Å². The highest BCUT2D eigenvalue weighted by Gasteiger charge is 2.32. The third kappa shape index (κ3) is 6.31. The first-order valence-electron chi connectivity index (χ1n) is 9.29. The van der Waals surface area contributed by atoms with Crippen molar-refractivity contribution in [3.8, 4) is 17.3 Å². The topological polar surface area (TPSA) is 89.9 Å². The highest BCUT2D eigenvalue weighted by atomic mass is 35.5. The molecule has 1 aromatic carbocycles. The van der Waals surface area contributed by atoms with Crippen LogP contribution >= 0.6 is 11.6 Å². The standard InChI is InChI=1S/C20H15ClF5N5O2/c1-10(29-19(32)11-6-12(20(24,25)26)8-13(21)7-11)17-18(28-5-4-27-17)14-2-3-16(31-30-14)33-9-15(22)23/h2-8,10,15H,9H2,1H3,(H,29,32). The lowest BCUT2D eigenvalue weighted by Gasteiger charge is -2.17. The fourth-order valence-corrected chi connectivity index (χ4v) is 3.00. The fourth-order valence-electron chi connectivity index (χ4n) is 2.77. The maximum absolute atomic E-state index is 13.0. The van der Waals surface area contributed by atoms with Crippen LogP contribution in [0.3, 0.4) is 0 Å². The average molecular weight is 488 g/mol. The average Bonchev–Trinajstić information content (AvgIpc) is 2.77. The highest BCUT2D eigenvalue weighted by Crippen LogP contribution is 2.32. The second-order valence-electron chi connectivity index (χ2n) is 6.67. The van der Waals surface area contributed by atoms with Gasteiger partial charge < -0.3 is 10.1 Å². The van der Waals surface area contributed by atoms with Crippen molar-refractivity contribution in [3.63, 3.8) is 0 Å². The molecule has 3 aromatic rings. The summed E-state index contributed by atoms with van der Waals surface area (Å²) in [5, 5.41) is 9.88. The van der Waals surface area contributed by atoms with Crippen LogP contribution < -0.4 is 10.1 Å². The molecule has 1 N–H and O–H groups in total. The number of carbonyl (C=O) groups excluding carboxylic acids is 1. The second kappa shape index (κ2) is 10.0. The van der Waals surface area contributed by atoms with Gasteiger partial charge in [0.05, 0.1) is 17.3 Å². The lowest BCUT2D eigenvalue weighted by atomic mass is 10.1. The minimum absolute atomic E-state index is 0.118. The van der Waals surface area contributed by atoms with E-state index in [0.717, 1.165) is 12.1 Å². The first kappa shape index (κ1) is 24.2. The van der Waals surface area contributed by atoms with Crippen LogP contribution in [-0.2, 0) is 6.18 Å². The molecule has 0 fully saturated rings. The molecule has 0 saturated heterocycles. The number of amides is 1. The zero-order valence-corrected chi connectivity index (χ0v) is 17.5. The number of halogens is 6.